The van der Waals surface area contributed by atoms with Gasteiger partial charge in [-0.3, -0.25) is 4.39 Å². The van der Waals surface area contributed by atoms with Crippen LogP contribution in [0.3, 0.4) is 0 Å². The lowest BCUT2D eigenvalue weighted by molar-refractivity contribution is -0.136. The molecule has 0 unspecified atom stereocenters. The molecule has 5 nitrogen and oxygen atoms in total. The highest BCUT2D eigenvalue weighted by molar-refractivity contribution is 6.01. The van der Waals surface area contributed by atoms with E-state index in [0.717, 1.165) is 13.2 Å². The molecular formula is C19H16F5NO4. The predicted molar refractivity (Wildman–Crippen MR) is 89.7 cm³/mol. The molecule has 0 bridgehead atoms. The average Bonchev–Trinajstić information content (AvgIpc) is 3.02. The van der Waals surface area contributed by atoms with Crippen LogP contribution in [0.4, 0.5) is 22.0 Å². The van der Waals surface area contributed by atoms with Crippen molar-refractivity contribution in [2.24, 2.45) is 0 Å². The fraction of sp³-hybridized carbons (Fsp3) is 0.368. The number of alkyl halides is 4. The molecule has 3 rings (SSSR count). The Balaban J connectivity index is 2.27. The molecule has 2 aliphatic heterocycles. The van der Waals surface area contributed by atoms with Crippen molar-refractivity contribution in [2.45, 2.75) is 24.9 Å². The minimum atomic E-state index is -4.74. The van der Waals surface area contributed by atoms with Gasteiger partial charge in [-0.15, -0.1) is 0 Å². The molecule has 2 aliphatic rings. The van der Waals surface area contributed by atoms with Gasteiger partial charge in [0.05, 0.1) is 43.0 Å². The first-order chi connectivity index (χ1) is 13.7. The van der Waals surface area contributed by atoms with Crippen LogP contribution in [0.5, 0.6) is 0 Å². The second kappa shape index (κ2) is 7.84. The maximum Gasteiger partial charge on any atom is 0.393 e. The smallest absolute Gasteiger partial charge is 0.393 e. The number of methoxy groups -OCH3 is 1. The van der Waals surface area contributed by atoms with Crippen molar-refractivity contribution in [3.05, 3.63) is 57.7 Å². The molecule has 1 aromatic rings. The van der Waals surface area contributed by atoms with Gasteiger partial charge in [0, 0.05) is 17.7 Å². The summed E-state index contributed by atoms with van der Waals surface area (Å²) >= 11 is 0. The molecule has 1 aromatic carbocycles. The number of allylic oxidation sites excluding steroid dienone is 1. The molecule has 0 aromatic heterocycles. The zero-order valence-electron chi connectivity index (χ0n) is 15.2. The van der Waals surface area contributed by atoms with Gasteiger partial charge in [0.2, 0.25) is 0 Å². The maximum absolute atomic E-state index is 14.4. The van der Waals surface area contributed by atoms with Crippen molar-refractivity contribution >= 4 is 11.9 Å². The van der Waals surface area contributed by atoms with Crippen molar-refractivity contribution in [1.29, 1.82) is 0 Å². The third kappa shape index (κ3) is 3.96. The quantitative estimate of drug-likeness (QED) is 0.589. The second-order valence-electron chi connectivity index (χ2n) is 6.45. The molecule has 2 heterocycles. The topological polar surface area (TPSA) is 64.6 Å². The van der Waals surface area contributed by atoms with E-state index in [1.165, 1.54) is 12.1 Å². The molecule has 0 radical (unpaired) electrons. The van der Waals surface area contributed by atoms with E-state index in [-0.39, 0.29) is 41.1 Å². The predicted octanol–water partition coefficient (Wildman–Crippen LogP) is 3.21. The minimum absolute atomic E-state index is 0.0450. The van der Waals surface area contributed by atoms with E-state index < -0.39 is 48.5 Å². The number of carbonyl (C=O) groups excluding carboxylic acids is 2. The molecule has 0 saturated heterocycles. The fourth-order valence-electron chi connectivity index (χ4n) is 3.57. The van der Waals surface area contributed by atoms with Gasteiger partial charge >= 0.3 is 18.1 Å². The van der Waals surface area contributed by atoms with Crippen molar-refractivity contribution in [2.75, 3.05) is 20.4 Å². The Morgan fingerprint density at radius 2 is 2.07 bits per heavy atom. The number of halogens is 5. The number of carbonyl (C=O) groups is 2. The van der Waals surface area contributed by atoms with E-state index in [0.29, 0.717) is 0 Å². The normalized spacial score (nSPS) is 19.1. The summed E-state index contributed by atoms with van der Waals surface area (Å²) in [6, 6.07) is 3.24. The number of benzene rings is 1. The monoisotopic (exact) mass is 417 g/mol. The molecule has 0 spiro atoms. The number of nitrogens with one attached hydrogen (secondary N) is 1. The molecule has 0 amide bonds. The lowest BCUT2D eigenvalue weighted by Gasteiger charge is -2.30. The molecule has 0 aliphatic carbocycles. The molecule has 156 valence electrons. The summed E-state index contributed by atoms with van der Waals surface area (Å²) in [7, 11) is 1.04. The standard InChI is InChI=1S/C19H16F5NO4/c1-28-17(26)15-12(5-6-20)25-13-8-29-18(27)16(13)14(15)9-3-2-4-11(21)10(9)7-19(22,23)24/h2-4,14,25H,5-8H2,1H3/t14-/m1/s1. The number of ether oxygens (including phenoxy) is 2. The molecular weight excluding hydrogens is 401 g/mol. The van der Waals surface area contributed by atoms with Crippen LogP contribution < -0.4 is 5.32 Å². The number of hydrogen-bond donors (Lipinski definition) is 1. The van der Waals surface area contributed by atoms with Crippen molar-refractivity contribution < 1.29 is 41.0 Å². The Bertz CT molecular complexity index is 920. The summed E-state index contributed by atoms with van der Waals surface area (Å²) in [5.74, 6) is -4.36. The first-order valence-electron chi connectivity index (χ1n) is 8.56. The number of cyclic esters (lactones) is 1. The van der Waals surface area contributed by atoms with Gasteiger partial charge in [-0.1, -0.05) is 12.1 Å². The van der Waals surface area contributed by atoms with Gasteiger partial charge in [0.25, 0.3) is 0 Å². The average molecular weight is 417 g/mol. The Morgan fingerprint density at radius 1 is 1.34 bits per heavy atom. The summed E-state index contributed by atoms with van der Waals surface area (Å²) in [5.41, 5.74) is -1.08. The fourth-order valence-corrected chi connectivity index (χ4v) is 3.57. The van der Waals surface area contributed by atoms with E-state index in [9.17, 15) is 31.5 Å². The summed E-state index contributed by atoms with van der Waals surface area (Å²) in [4.78, 5) is 24.8. The van der Waals surface area contributed by atoms with Crippen LogP contribution >= 0.6 is 0 Å². The third-order valence-electron chi connectivity index (χ3n) is 4.69. The molecule has 29 heavy (non-hydrogen) atoms. The second-order valence-corrected chi connectivity index (χ2v) is 6.45. The van der Waals surface area contributed by atoms with Gasteiger partial charge in [0.15, 0.2) is 0 Å². The van der Waals surface area contributed by atoms with Gasteiger partial charge in [-0.2, -0.15) is 13.2 Å². The number of esters is 2. The molecule has 1 N–H and O–H groups in total. The SMILES string of the molecule is COC(=O)C1=C(CCF)NC2=C(C(=O)OC2)[C@@H]1c1cccc(F)c1CC(F)(F)F. The van der Waals surface area contributed by atoms with Crippen molar-refractivity contribution in [3.8, 4) is 0 Å². The van der Waals surface area contributed by atoms with Crippen LogP contribution in [0.15, 0.2) is 40.7 Å². The summed E-state index contributed by atoms with van der Waals surface area (Å²) in [6.45, 7) is -1.11. The minimum Gasteiger partial charge on any atom is -0.466 e. The van der Waals surface area contributed by atoms with Gasteiger partial charge in [0.1, 0.15) is 12.4 Å². The van der Waals surface area contributed by atoms with Crippen molar-refractivity contribution in [3.63, 3.8) is 0 Å². The van der Waals surface area contributed by atoms with E-state index in [1.807, 2.05) is 0 Å². The Hall–Kier alpha value is -2.91. The van der Waals surface area contributed by atoms with E-state index in [2.05, 4.69) is 5.32 Å². The highest BCUT2D eigenvalue weighted by Gasteiger charge is 2.44. The van der Waals surface area contributed by atoms with Gasteiger partial charge < -0.3 is 14.8 Å². The van der Waals surface area contributed by atoms with Crippen LogP contribution in [-0.2, 0) is 25.5 Å². The van der Waals surface area contributed by atoms with Crippen LogP contribution in [-0.4, -0.2) is 38.5 Å². The van der Waals surface area contributed by atoms with Crippen LogP contribution in [0.25, 0.3) is 0 Å². The molecule has 1 atom stereocenters. The maximum atomic E-state index is 14.4. The van der Waals surface area contributed by atoms with Crippen LogP contribution in [0.2, 0.25) is 0 Å². The summed E-state index contributed by atoms with van der Waals surface area (Å²) in [6.07, 6.45) is -6.63. The number of dihydropyridines is 1. The van der Waals surface area contributed by atoms with Crippen molar-refractivity contribution in [1.82, 2.24) is 5.32 Å². The van der Waals surface area contributed by atoms with Crippen LogP contribution in [0.1, 0.15) is 23.5 Å². The molecule has 0 fully saturated rings. The summed E-state index contributed by atoms with van der Waals surface area (Å²) < 4.78 is 76.4. The Morgan fingerprint density at radius 3 is 2.69 bits per heavy atom. The summed E-state index contributed by atoms with van der Waals surface area (Å²) in [5, 5.41) is 2.75. The Labute approximate surface area is 162 Å². The zero-order chi connectivity index (χ0) is 21.3. The third-order valence-corrected chi connectivity index (χ3v) is 4.69. The van der Waals surface area contributed by atoms with E-state index >= 15 is 0 Å². The first-order valence-corrected chi connectivity index (χ1v) is 8.56. The van der Waals surface area contributed by atoms with Gasteiger partial charge in [-0.25, -0.2) is 14.0 Å². The lowest BCUT2D eigenvalue weighted by atomic mass is 9.78. The number of rotatable bonds is 5. The Kier molecular flexibility index (Phi) is 5.63. The molecule has 0 saturated carbocycles. The largest absolute Gasteiger partial charge is 0.466 e. The zero-order valence-corrected chi connectivity index (χ0v) is 15.2. The van der Waals surface area contributed by atoms with Crippen LogP contribution in [0, 0.1) is 5.82 Å². The van der Waals surface area contributed by atoms with Gasteiger partial charge in [-0.05, 0) is 11.6 Å². The number of hydrogen-bond acceptors (Lipinski definition) is 5. The van der Waals surface area contributed by atoms with E-state index in [1.54, 1.807) is 0 Å². The first kappa shape index (κ1) is 20.8. The molecule has 10 heteroatoms. The van der Waals surface area contributed by atoms with E-state index in [4.69, 9.17) is 9.47 Å². The highest BCUT2D eigenvalue weighted by atomic mass is 19.4. The lowest BCUT2D eigenvalue weighted by Crippen LogP contribution is -2.32. The highest BCUT2D eigenvalue weighted by Crippen LogP contribution is 2.44.